The van der Waals surface area contributed by atoms with Crippen LogP contribution in [0.2, 0.25) is 0 Å². The molecule has 30 heavy (non-hydrogen) atoms. The Labute approximate surface area is 171 Å². The molecule has 3 aromatic rings. The van der Waals surface area contributed by atoms with Crippen LogP contribution in [0.3, 0.4) is 0 Å². The number of hydrogen-bond acceptors (Lipinski definition) is 8. The molecule has 0 atom stereocenters. The summed E-state index contributed by atoms with van der Waals surface area (Å²) in [6, 6.07) is 13.5. The summed E-state index contributed by atoms with van der Waals surface area (Å²) in [5.41, 5.74) is 1.14. The Kier molecular flexibility index (Phi) is 5.25. The molecule has 1 aromatic heterocycles. The number of rotatable bonds is 7. The molecular weight excluding hydrogens is 390 g/mol. The molecule has 4 rings (SSSR count). The molecule has 2 heterocycles. The highest BCUT2D eigenvalue weighted by atomic mass is 16.7. The zero-order valence-corrected chi connectivity index (χ0v) is 16.0. The molecule has 0 saturated heterocycles. The lowest BCUT2D eigenvalue weighted by Crippen LogP contribution is -2.32. The maximum atomic E-state index is 12.2. The predicted molar refractivity (Wildman–Crippen MR) is 102 cm³/mol. The molecule has 0 aliphatic carbocycles. The number of benzene rings is 2. The molecule has 0 spiro atoms. The number of amides is 2. The monoisotopic (exact) mass is 407 g/mol. The second kappa shape index (κ2) is 8.16. The van der Waals surface area contributed by atoms with Gasteiger partial charge in [-0.15, -0.1) is 0 Å². The van der Waals surface area contributed by atoms with Gasteiger partial charge in [0.05, 0.1) is 24.2 Å². The van der Waals surface area contributed by atoms with E-state index in [4.69, 9.17) is 14.1 Å². The first-order valence-electron chi connectivity index (χ1n) is 9.31. The first-order chi connectivity index (χ1) is 14.6. The van der Waals surface area contributed by atoms with Gasteiger partial charge in [0, 0.05) is 12.0 Å². The minimum absolute atomic E-state index is 0.103. The van der Waals surface area contributed by atoms with E-state index < -0.39 is 17.8 Å². The molecule has 0 unspecified atom stereocenters. The number of aromatic nitrogens is 2. The van der Waals surface area contributed by atoms with Crippen LogP contribution in [0.4, 0.5) is 0 Å². The Bertz CT molecular complexity index is 1070. The maximum absolute atomic E-state index is 12.2. The summed E-state index contributed by atoms with van der Waals surface area (Å²) in [6.45, 7) is 2.47. The summed E-state index contributed by atoms with van der Waals surface area (Å²) in [7, 11) is 0. The van der Waals surface area contributed by atoms with E-state index in [1.54, 1.807) is 36.4 Å². The van der Waals surface area contributed by atoms with Crippen LogP contribution in [-0.2, 0) is 16.1 Å². The number of imide groups is 1. The lowest BCUT2D eigenvalue weighted by Gasteiger charge is -2.12. The van der Waals surface area contributed by atoms with Crippen molar-refractivity contribution in [2.75, 3.05) is 6.61 Å². The normalized spacial score (nSPS) is 12.8. The summed E-state index contributed by atoms with van der Waals surface area (Å²) in [4.78, 5) is 45.8. The molecule has 0 radical (unpaired) electrons. The third-order valence-corrected chi connectivity index (χ3v) is 4.38. The van der Waals surface area contributed by atoms with Crippen molar-refractivity contribution in [1.29, 1.82) is 0 Å². The largest absolute Gasteiger partial charge is 0.494 e. The number of carbonyl (C=O) groups excluding carboxylic acids is 3. The smallest absolute Gasteiger partial charge is 0.333 e. The number of hydrogen-bond donors (Lipinski definition) is 0. The molecule has 1 aliphatic heterocycles. The molecule has 2 amide bonds. The fraction of sp³-hybridized carbons (Fsp3) is 0.190. The van der Waals surface area contributed by atoms with Gasteiger partial charge in [0.15, 0.2) is 0 Å². The Balaban J connectivity index is 1.34. The fourth-order valence-corrected chi connectivity index (χ4v) is 2.95. The van der Waals surface area contributed by atoms with Gasteiger partial charge in [0.25, 0.3) is 11.8 Å². The third-order valence-electron chi connectivity index (χ3n) is 4.38. The molecule has 0 N–H and O–H groups in total. The maximum Gasteiger partial charge on any atom is 0.333 e. The van der Waals surface area contributed by atoms with Gasteiger partial charge in [0.2, 0.25) is 11.7 Å². The van der Waals surface area contributed by atoms with E-state index in [0.29, 0.717) is 17.5 Å². The van der Waals surface area contributed by atoms with E-state index in [2.05, 4.69) is 10.1 Å². The lowest BCUT2D eigenvalue weighted by atomic mass is 10.1. The first kappa shape index (κ1) is 19.3. The van der Waals surface area contributed by atoms with Crippen molar-refractivity contribution in [3.63, 3.8) is 0 Å². The van der Waals surface area contributed by atoms with Gasteiger partial charge < -0.3 is 14.1 Å². The highest BCUT2D eigenvalue weighted by molar-refractivity contribution is 6.20. The van der Waals surface area contributed by atoms with Crippen LogP contribution in [0.5, 0.6) is 5.75 Å². The number of carbonyl (C=O) groups is 3. The fourth-order valence-electron chi connectivity index (χ4n) is 2.95. The Morgan fingerprint density at radius 3 is 2.33 bits per heavy atom. The second-order valence-corrected chi connectivity index (χ2v) is 6.38. The minimum atomic E-state index is -0.759. The van der Waals surface area contributed by atoms with Crippen molar-refractivity contribution in [3.8, 4) is 17.1 Å². The predicted octanol–water partition coefficient (Wildman–Crippen LogP) is 2.82. The van der Waals surface area contributed by atoms with E-state index >= 15 is 0 Å². The van der Waals surface area contributed by atoms with Gasteiger partial charge in [-0.2, -0.15) is 4.98 Å². The SMILES string of the molecule is CCOc1ccc(-c2noc(CCC(=O)ON3C(=O)c4ccccc4C3=O)n2)cc1. The summed E-state index contributed by atoms with van der Waals surface area (Å²) in [5.74, 6) is -0.745. The number of nitrogens with zero attached hydrogens (tertiary/aromatic N) is 3. The van der Waals surface area contributed by atoms with Gasteiger partial charge in [-0.1, -0.05) is 22.4 Å². The van der Waals surface area contributed by atoms with Crippen LogP contribution >= 0.6 is 0 Å². The molecule has 0 fully saturated rings. The summed E-state index contributed by atoms with van der Waals surface area (Å²) in [6.07, 6.45) is -0.0374. The van der Waals surface area contributed by atoms with Crippen LogP contribution in [0.15, 0.2) is 53.1 Å². The van der Waals surface area contributed by atoms with Crippen LogP contribution in [0.25, 0.3) is 11.4 Å². The molecule has 9 nitrogen and oxygen atoms in total. The Morgan fingerprint density at radius 1 is 1.03 bits per heavy atom. The van der Waals surface area contributed by atoms with Gasteiger partial charge in [-0.3, -0.25) is 9.59 Å². The van der Waals surface area contributed by atoms with E-state index in [1.807, 2.05) is 6.92 Å². The highest BCUT2D eigenvalue weighted by Gasteiger charge is 2.38. The van der Waals surface area contributed by atoms with Gasteiger partial charge in [-0.05, 0) is 43.3 Å². The van der Waals surface area contributed by atoms with E-state index in [9.17, 15) is 14.4 Å². The Morgan fingerprint density at radius 2 is 1.70 bits per heavy atom. The van der Waals surface area contributed by atoms with E-state index in [0.717, 1.165) is 11.3 Å². The number of hydroxylamine groups is 2. The van der Waals surface area contributed by atoms with Crippen LogP contribution in [0, 0.1) is 0 Å². The highest BCUT2D eigenvalue weighted by Crippen LogP contribution is 2.23. The third kappa shape index (κ3) is 3.77. The number of aryl methyl sites for hydroxylation is 1. The van der Waals surface area contributed by atoms with Crippen LogP contribution in [0.1, 0.15) is 40.0 Å². The number of ether oxygens (including phenoxy) is 1. The first-order valence-corrected chi connectivity index (χ1v) is 9.31. The van der Waals surface area contributed by atoms with E-state index in [1.165, 1.54) is 12.1 Å². The summed E-state index contributed by atoms with van der Waals surface area (Å²) < 4.78 is 10.6. The minimum Gasteiger partial charge on any atom is -0.494 e. The quantitative estimate of drug-likeness (QED) is 0.550. The second-order valence-electron chi connectivity index (χ2n) is 6.38. The number of fused-ring (bicyclic) bond motifs is 1. The Hall–Kier alpha value is -4.01. The zero-order valence-electron chi connectivity index (χ0n) is 16.0. The summed E-state index contributed by atoms with van der Waals surface area (Å²) >= 11 is 0. The van der Waals surface area contributed by atoms with E-state index in [-0.39, 0.29) is 29.9 Å². The molecule has 1 aliphatic rings. The van der Waals surface area contributed by atoms with Crippen molar-refractivity contribution in [2.24, 2.45) is 0 Å². The molecule has 9 heteroatoms. The molecule has 152 valence electrons. The van der Waals surface area contributed by atoms with Crippen molar-refractivity contribution in [2.45, 2.75) is 19.8 Å². The topological polar surface area (TPSA) is 112 Å². The van der Waals surface area contributed by atoms with Crippen LogP contribution < -0.4 is 4.74 Å². The van der Waals surface area contributed by atoms with Gasteiger partial charge in [-0.25, -0.2) is 4.79 Å². The molecule has 0 saturated carbocycles. The zero-order chi connectivity index (χ0) is 21.1. The lowest BCUT2D eigenvalue weighted by molar-refractivity contribution is -0.168. The standard InChI is InChI=1S/C21H17N3O6/c1-2-28-14-9-7-13(8-10-14)19-22-17(29-23-19)11-12-18(25)30-24-20(26)15-5-3-4-6-16(15)21(24)27/h3-10H,2,11-12H2,1H3. The average molecular weight is 407 g/mol. The van der Waals surface area contributed by atoms with Crippen molar-refractivity contribution in [3.05, 3.63) is 65.5 Å². The van der Waals surface area contributed by atoms with Crippen molar-refractivity contribution < 1.29 is 28.5 Å². The molecule has 2 aromatic carbocycles. The average Bonchev–Trinajstić information content (AvgIpc) is 3.33. The van der Waals surface area contributed by atoms with Crippen molar-refractivity contribution >= 4 is 17.8 Å². The van der Waals surface area contributed by atoms with Gasteiger partial charge >= 0.3 is 5.97 Å². The molecular formula is C21H17N3O6. The summed E-state index contributed by atoms with van der Waals surface area (Å²) in [5, 5.41) is 4.38. The van der Waals surface area contributed by atoms with Crippen molar-refractivity contribution in [1.82, 2.24) is 15.2 Å². The van der Waals surface area contributed by atoms with Crippen LogP contribution in [-0.4, -0.2) is 39.6 Å². The molecule has 0 bridgehead atoms. The van der Waals surface area contributed by atoms with Gasteiger partial charge in [0.1, 0.15) is 5.75 Å².